The van der Waals surface area contributed by atoms with Gasteiger partial charge in [0.25, 0.3) is 0 Å². The molecule has 0 spiro atoms. The van der Waals surface area contributed by atoms with E-state index in [2.05, 4.69) is 11.9 Å². The first-order chi connectivity index (χ1) is 9.20. The summed E-state index contributed by atoms with van der Waals surface area (Å²) in [7, 11) is 0. The molecule has 0 aliphatic heterocycles. The minimum absolute atomic E-state index is 0.374. The van der Waals surface area contributed by atoms with Gasteiger partial charge >= 0.3 is 0 Å². The van der Waals surface area contributed by atoms with Gasteiger partial charge in [0.05, 0.1) is 6.61 Å². The van der Waals surface area contributed by atoms with Gasteiger partial charge in [-0.25, -0.2) is 4.98 Å². The van der Waals surface area contributed by atoms with Crippen LogP contribution in [0.25, 0.3) is 0 Å². The maximum Gasteiger partial charge on any atom is 0.129 e. The average Bonchev–Trinajstić information content (AvgIpc) is 2.45. The number of halogens is 1. The zero-order valence-electron chi connectivity index (χ0n) is 10.7. The summed E-state index contributed by atoms with van der Waals surface area (Å²) < 4.78 is 5.50. The maximum absolute atomic E-state index is 10.3. The third kappa shape index (κ3) is 3.69. The highest BCUT2D eigenvalue weighted by atomic mass is 35.5. The van der Waals surface area contributed by atoms with Crippen LogP contribution in [-0.4, -0.2) is 16.7 Å². The van der Waals surface area contributed by atoms with Gasteiger partial charge < -0.3 is 9.84 Å². The van der Waals surface area contributed by atoms with Crippen LogP contribution in [0.2, 0.25) is 5.15 Å². The summed E-state index contributed by atoms with van der Waals surface area (Å²) in [5.41, 5.74) is 1.52. The molecule has 100 valence electrons. The lowest BCUT2D eigenvalue weighted by molar-refractivity contribution is 0.220. The number of benzene rings is 1. The van der Waals surface area contributed by atoms with Crippen LogP contribution in [0.1, 0.15) is 30.6 Å². The highest BCUT2D eigenvalue weighted by Gasteiger charge is 2.11. The monoisotopic (exact) mass is 277 g/mol. The van der Waals surface area contributed by atoms with E-state index in [0.29, 0.717) is 11.8 Å². The molecule has 2 rings (SSSR count). The standard InChI is InChI=1S/C15H16ClNO2/c1-2-9-19-13-5-3-11(4-6-13)15(18)12-7-8-17-14(16)10-12/h3-8,10,15,18H,2,9H2,1H3. The molecule has 0 aliphatic rings. The Morgan fingerprint density at radius 2 is 1.95 bits per heavy atom. The molecule has 0 aliphatic carbocycles. The predicted octanol–water partition coefficient (Wildman–Crippen LogP) is 3.61. The van der Waals surface area contributed by atoms with E-state index in [9.17, 15) is 5.11 Å². The van der Waals surface area contributed by atoms with Crippen LogP contribution in [0.3, 0.4) is 0 Å². The Morgan fingerprint density at radius 1 is 1.21 bits per heavy atom. The Morgan fingerprint density at radius 3 is 2.58 bits per heavy atom. The lowest BCUT2D eigenvalue weighted by Crippen LogP contribution is -2.00. The first-order valence-electron chi connectivity index (χ1n) is 6.23. The molecule has 1 aromatic carbocycles. The molecule has 3 nitrogen and oxygen atoms in total. The van der Waals surface area contributed by atoms with Gasteiger partial charge in [0.2, 0.25) is 0 Å². The van der Waals surface area contributed by atoms with Crippen molar-refractivity contribution in [3.8, 4) is 5.75 Å². The fourth-order valence-electron chi connectivity index (χ4n) is 1.75. The van der Waals surface area contributed by atoms with Gasteiger partial charge in [-0.05, 0) is 41.8 Å². The Hall–Kier alpha value is -1.58. The van der Waals surface area contributed by atoms with Crippen LogP contribution in [0, 0.1) is 0 Å². The molecule has 19 heavy (non-hydrogen) atoms. The van der Waals surface area contributed by atoms with Crippen LogP contribution in [0.5, 0.6) is 5.75 Å². The molecule has 1 atom stereocenters. The topological polar surface area (TPSA) is 42.4 Å². The lowest BCUT2D eigenvalue weighted by atomic mass is 10.0. The first-order valence-corrected chi connectivity index (χ1v) is 6.60. The molecular weight excluding hydrogens is 262 g/mol. The number of aromatic nitrogens is 1. The second kappa shape index (κ2) is 6.55. The predicted molar refractivity (Wildman–Crippen MR) is 75.5 cm³/mol. The highest BCUT2D eigenvalue weighted by Crippen LogP contribution is 2.24. The zero-order chi connectivity index (χ0) is 13.7. The number of ether oxygens (including phenoxy) is 1. The third-order valence-electron chi connectivity index (χ3n) is 2.74. The maximum atomic E-state index is 10.3. The second-order valence-corrected chi connectivity index (χ2v) is 4.62. The van der Waals surface area contributed by atoms with Crippen LogP contribution in [0.4, 0.5) is 0 Å². The Labute approximate surface area is 117 Å². The molecule has 0 fully saturated rings. The number of hydrogen-bond donors (Lipinski definition) is 1. The van der Waals surface area contributed by atoms with E-state index < -0.39 is 6.10 Å². The molecule has 0 amide bonds. The van der Waals surface area contributed by atoms with E-state index in [1.54, 1.807) is 18.3 Å². The van der Waals surface area contributed by atoms with Gasteiger partial charge in [0, 0.05) is 6.20 Å². The fourth-order valence-corrected chi connectivity index (χ4v) is 1.93. The van der Waals surface area contributed by atoms with Crippen LogP contribution >= 0.6 is 11.6 Å². The van der Waals surface area contributed by atoms with Gasteiger partial charge in [-0.3, -0.25) is 0 Å². The van der Waals surface area contributed by atoms with E-state index >= 15 is 0 Å². The third-order valence-corrected chi connectivity index (χ3v) is 2.94. The molecule has 1 unspecified atom stereocenters. The van der Waals surface area contributed by atoms with Crippen molar-refractivity contribution in [2.45, 2.75) is 19.4 Å². The summed E-state index contributed by atoms with van der Waals surface area (Å²) >= 11 is 5.82. The molecule has 4 heteroatoms. The van der Waals surface area contributed by atoms with E-state index in [0.717, 1.165) is 23.3 Å². The van der Waals surface area contributed by atoms with E-state index in [1.165, 1.54) is 0 Å². The number of nitrogens with zero attached hydrogens (tertiary/aromatic N) is 1. The van der Waals surface area contributed by atoms with Gasteiger partial charge in [0.1, 0.15) is 17.0 Å². The molecular formula is C15H16ClNO2. The first kappa shape index (κ1) is 13.8. The lowest BCUT2D eigenvalue weighted by Gasteiger charge is -2.12. The van der Waals surface area contributed by atoms with Crippen LogP contribution in [-0.2, 0) is 0 Å². The molecule has 0 bridgehead atoms. The van der Waals surface area contributed by atoms with Gasteiger partial charge in [-0.15, -0.1) is 0 Å². The summed E-state index contributed by atoms with van der Waals surface area (Å²) in [5, 5.41) is 10.6. The number of aliphatic hydroxyl groups is 1. The van der Waals surface area contributed by atoms with Crippen molar-refractivity contribution in [1.82, 2.24) is 4.98 Å². The quantitative estimate of drug-likeness (QED) is 0.849. The van der Waals surface area contributed by atoms with Crippen LogP contribution in [0.15, 0.2) is 42.6 Å². The molecule has 0 saturated carbocycles. The summed E-state index contributed by atoms with van der Waals surface area (Å²) in [6, 6.07) is 10.8. The van der Waals surface area contributed by atoms with Crippen molar-refractivity contribution >= 4 is 11.6 Å². The SMILES string of the molecule is CCCOc1ccc(C(O)c2ccnc(Cl)c2)cc1. The van der Waals surface area contributed by atoms with Gasteiger partial charge in [0.15, 0.2) is 0 Å². The molecule has 1 N–H and O–H groups in total. The largest absolute Gasteiger partial charge is 0.494 e. The summed E-state index contributed by atoms with van der Waals surface area (Å²) in [6.45, 7) is 2.76. The molecule has 0 saturated heterocycles. The van der Waals surface area contributed by atoms with E-state index in [1.807, 2.05) is 24.3 Å². The van der Waals surface area contributed by atoms with E-state index in [4.69, 9.17) is 16.3 Å². The number of pyridine rings is 1. The minimum atomic E-state index is -0.708. The zero-order valence-corrected chi connectivity index (χ0v) is 11.5. The minimum Gasteiger partial charge on any atom is -0.494 e. The van der Waals surface area contributed by atoms with Crippen molar-refractivity contribution in [1.29, 1.82) is 0 Å². The van der Waals surface area contributed by atoms with Gasteiger partial charge in [-0.2, -0.15) is 0 Å². The van der Waals surface area contributed by atoms with E-state index in [-0.39, 0.29) is 0 Å². The van der Waals surface area contributed by atoms with Crippen molar-refractivity contribution < 1.29 is 9.84 Å². The van der Waals surface area contributed by atoms with Crippen molar-refractivity contribution in [3.05, 3.63) is 58.9 Å². The molecule has 0 radical (unpaired) electrons. The summed E-state index contributed by atoms with van der Waals surface area (Å²) in [6.07, 6.45) is 1.85. The smallest absolute Gasteiger partial charge is 0.129 e. The molecule has 1 heterocycles. The summed E-state index contributed by atoms with van der Waals surface area (Å²) in [5.74, 6) is 0.811. The second-order valence-electron chi connectivity index (χ2n) is 4.23. The van der Waals surface area contributed by atoms with Crippen LogP contribution < -0.4 is 4.74 Å². The molecule has 2 aromatic rings. The highest BCUT2D eigenvalue weighted by molar-refractivity contribution is 6.29. The average molecular weight is 278 g/mol. The Bertz CT molecular complexity index is 528. The summed E-state index contributed by atoms with van der Waals surface area (Å²) in [4.78, 5) is 3.90. The molecule has 1 aromatic heterocycles. The fraction of sp³-hybridized carbons (Fsp3) is 0.267. The van der Waals surface area contributed by atoms with Crippen molar-refractivity contribution in [2.24, 2.45) is 0 Å². The number of hydrogen-bond acceptors (Lipinski definition) is 3. The normalized spacial score (nSPS) is 12.2. The number of rotatable bonds is 5. The van der Waals surface area contributed by atoms with Gasteiger partial charge in [-0.1, -0.05) is 30.7 Å². The van der Waals surface area contributed by atoms with Crippen molar-refractivity contribution in [3.63, 3.8) is 0 Å². The Kier molecular flexibility index (Phi) is 4.77. The number of aliphatic hydroxyl groups excluding tert-OH is 1. The van der Waals surface area contributed by atoms with Crippen molar-refractivity contribution in [2.75, 3.05) is 6.61 Å². The Balaban J connectivity index is 2.13.